The van der Waals surface area contributed by atoms with Gasteiger partial charge in [0.1, 0.15) is 0 Å². The summed E-state index contributed by atoms with van der Waals surface area (Å²) in [5.74, 6) is 0. The van der Waals surface area contributed by atoms with Crippen LogP contribution in [0, 0.1) is 0 Å². The van der Waals surface area contributed by atoms with Crippen molar-refractivity contribution in [3.8, 4) is 0 Å². The van der Waals surface area contributed by atoms with Crippen LogP contribution in [-0.2, 0) is 0 Å². The van der Waals surface area contributed by atoms with Gasteiger partial charge >= 0.3 is 0 Å². The summed E-state index contributed by atoms with van der Waals surface area (Å²) in [6.07, 6.45) is 0. The Morgan fingerprint density at radius 2 is 1.88 bits per heavy atom. The van der Waals surface area contributed by atoms with Crippen LogP contribution in [0.3, 0.4) is 0 Å². The fourth-order valence-corrected chi connectivity index (χ4v) is 2.72. The highest BCUT2D eigenvalue weighted by atomic mass is 79.9. The summed E-state index contributed by atoms with van der Waals surface area (Å²) >= 11 is 4.81. The van der Waals surface area contributed by atoms with Crippen LogP contribution in [0.15, 0.2) is 3.92 Å². The summed E-state index contributed by atoms with van der Waals surface area (Å²) in [6, 6.07) is 1.14. The molecule has 0 aromatic carbocycles. The smallest absolute Gasteiger partial charge is 0.206 e. The highest BCUT2D eigenvalue weighted by molar-refractivity contribution is 9.11. The van der Waals surface area contributed by atoms with Gasteiger partial charge in [0.25, 0.3) is 0 Å². The Bertz CT molecular complexity index is 306. The van der Waals surface area contributed by atoms with Crippen molar-refractivity contribution in [1.29, 1.82) is 0 Å². The van der Waals surface area contributed by atoms with Crippen LogP contribution in [0.2, 0.25) is 0 Å². The Labute approximate surface area is 110 Å². The van der Waals surface area contributed by atoms with Crippen molar-refractivity contribution < 1.29 is 0 Å². The molecule has 1 rings (SSSR count). The van der Waals surface area contributed by atoms with E-state index in [2.05, 4.69) is 64.0 Å². The van der Waals surface area contributed by atoms with Crippen molar-refractivity contribution in [2.45, 2.75) is 39.8 Å². The van der Waals surface area contributed by atoms with Gasteiger partial charge in [-0.2, -0.15) is 0 Å². The van der Waals surface area contributed by atoms with Crippen LogP contribution in [-0.4, -0.2) is 40.3 Å². The molecule has 6 heteroatoms. The Kier molecular flexibility index (Phi) is 5.64. The Morgan fingerprint density at radius 1 is 1.25 bits per heavy atom. The molecule has 16 heavy (non-hydrogen) atoms. The molecule has 0 saturated carbocycles. The fraction of sp³-hybridized carbons (Fsp3) is 0.800. The summed E-state index contributed by atoms with van der Waals surface area (Å²) in [5.41, 5.74) is 0. The van der Waals surface area contributed by atoms with Gasteiger partial charge in [-0.1, -0.05) is 11.3 Å². The predicted octanol–water partition coefficient (Wildman–Crippen LogP) is 2.83. The first-order valence-electron chi connectivity index (χ1n) is 5.49. The van der Waals surface area contributed by atoms with Gasteiger partial charge in [0.15, 0.2) is 3.92 Å². The van der Waals surface area contributed by atoms with Crippen LogP contribution in [0.1, 0.15) is 27.7 Å². The number of halogens is 1. The molecule has 1 heterocycles. The second kappa shape index (κ2) is 6.51. The lowest BCUT2D eigenvalue weighted by molar-refractivity contribution is 0.182. The van der Waals surface area contributed by atoms with Crippen LogP contribution < -0.4 is 5.32 Å². The standard InChI is InChI=1S/C10H19BrN4S/c1-7(2)15(8(3)4)6-5-12-10-14-13-9(11)16-10/h7-8H,5-6H2,1-4H3,(H,12,14). The normalized spacial score (nSPS) is 11.8. The minimum absolute atomic E-state index is 0.572. The van der Waals surface area contributed by atoms with Crippen LogP contribution in [0.5, 0.6) is 0 Å². The molecule has 0 spiro atoms. The van der Waals surface area contributed by atoms with Gasteiger partial charge in [-0.25, -0.2) is 0 Å². The second-order valence-corrected chi connectivity index (χ2v) is 6.47. The van der Waals surface area contributed by atoms with Crippen molar-refractivity contribution in [1.82, 2.24) is 15.1 Å². The largest absolute Gasteiger partial charge is 0.359 e. The molecule has 1 N–H and O–H groups in total. The van der Waals surface area contributed by atoms with Gasteiger partial charge in [-0.05, 0) is 43.6 Å². The quantitative estimate of drug-likeness (QED) is 0.877. The Morgan fingerprint density at radius 3 is 2.31 bits per heavy atom. The van der Waals surface area contributed by atoms with Gasteiger partial charge in [0.2, 0.25) is 5.13 Å². The maximum atomic E-state index is 3.99. The molecule has 0 bridgehead atoms. The zero-order valence-corrected chi connectivity index (χ0v) is 12.6. The molecule has 0 radical (unpaired) electrons. The lowest BCUT2D eigenvalue weighted by atomic mass is 10.2. The number of nitrogens with one attached hydrogen (secondary N) is 1. The molecular formula is C10H19BrN4S. The van der Waals surface area contributed by atoms with Gasteiger partial charge in [-0.3, -0.25) is 4.90 Å². The van der Waals surface area contributed by atoms with Crippen molar-refractivity contribution in [3.63, 3.8) is 0 Å². The monoisotopic (exact) mass is 306 g/mol. The van der Waals surface area contributed by atoms with E-state index < -0.39 is 0 Å². The Hall–Kier alpha value is -0.200. The molecule has 0 unspecified atom stereocenters. The fourth-order valence-electron chi connectivity index (χ4n) is 1.68. The zero-order chi connectivity index (χ0) is 12.1. The number of hydrogen-bond donors (Lipinski definition) is 1. The van der Waals surface area contributed by atoms with E-state index in [1.165, 1.54) is 11.3 Å². The van der Waals surface area contributed by atoms with Gasteiger partial charge in [-0.15, -0.1) is 10.2 Å². The molecule has 1 aromatic rings. The maximum absolute atomic E-state index is 3.99. The number of nitrogens with zero attached hydrogens (tertiary/aromatic N) is 3. The third kappa shape index (κ3) is 4.35. The summed E-state index contributed by atoms with van der Waals surface area (Å²) < 4.78 is 0.819. The Balaban J connectivity index is 2.33. The van der Waals surface area contributed by atoms with Crippen LogP contribution in [0.4, 0.5) is 5.13 Å². The van der Waals surface area contributed by atoms with E-state index in [0.29, 0.717) is 12.1 Å². The minimum Gasteiger partial charge on any atom is -0.359 e. The molecule has 1 aromatic heterocycles. The van der Waals surface area contributed by atoms with E-state index >= 15 is 0 Å². The van der Waals surface area contributed by atoms with E-state index in [-0.39, 0.29) is 0 Å². The summed E-state index contributed by atoms with van der Waals surface area (Å²) in [6.45, 7) is 10.8. The molecule has 0 aliphatic heterocycles. The highest BCUT2D eigenvalue weighted by Gasteiger charge is 2.12. The van der Waals surface area contributed by atoms with Crippen LogP contribution in [0.25, 0.3) is 0 Å². The summed E-state index contributed by atoms with van der Waals surface area (Å²) in [4.78, 5) is 2.45. The number of aromatic nitrogens is 2. The van der Waals surface area contributed by atoms with E-state index in [0.717, 1.165) is 22.1 Å². The first-order chi connectivity index (χ1) is 7.50. The molecule has 0 aliphatic carbocycles. The van der Waals surface area contributed by atoms with Crippen molar-refractivity contribution in [3.05, 3.63) is 3.92 Å². The molecule has 0 aliphatic rings. The minimum atomic E-state index is 0.572. The topological polar surface area (TPSA) is 41.0 Å². The third-order valence-corrected chi connectivity index (χ3v) is 3.69. The first-order valence-corrected chi connectivity index (χ1v) is 7.10. The van der Waals surface area contributed by atoms with Crippen molar-refractivity contribution in [2.75, 3.05) is 18.4 Å². The van der Waals surface area contributed by atoms with Gasteiger partial charge < -0.3 is 5.32 Å². The lowest BCUT2D eigenvalue weighted by Gasteiger charge is -2.30. The van der Waals surface area contributed by atoms with Gasteiger partial charge in [0.05, 0.1) is 0 Å². The molecule has 0 atom stereocenters. The third-order valence-electron chi connectivity index (χ3n) is 2.37. The van der Waals surface area contributed by atoms with E-state index in [1.54, 1.807) is 0 Å². The maximum Gasteiger partial charge on any atom is 0.206 e. The van der Waals surface area contributed by atoms with Crippen LogP contribution >= 0.6 is 27.3 Å². The first kappa shape index (κ1) is 13.9. The molecule has 0 amide bonds. The number of rotatable bonds is 6. The molecule has 92 valence electrons. The second-order valence-electron chi connectivity index (χ2n) is 4.21. The van der Waals surface area contributed by atoms with Gasteiger partial charge in [0, 0.05) is 25.2 Å². The number of anilines is 1. The van der Waals surface area contributed by atoms with Crippen molar-refractivity contribution >= 4 is 32.4 Å². The summed E-state index contributed by atoms with van der Waals surface area (Å²) in [7, 11) is 0. The molecule has 0 fully saturated rings. The molecular weight excluding hydrogens is 288 g/mol. The molecule has 4 nitrogen and oxygen atoms in total. The SMILES string of the molecule is CC(C)N(CCNc1nnc(Br)s1)C(C)C. The molecule has 0 saturated heterocycles. The summed E-state index contributed by atoms with van der Waals surface area (Å²) in [5, 5.41) is 12.0. The van der Waals surface area contributed by atoms with Crippen molar-refractivity contribution in [2.24, 2.45) is 0 Å². The highest BCUT2D eigenvalue weighted by Crippen LogP contribution is 2.19. The zero-order valence-electron chi connectivity index (χ0n) is 10.2. The predicted molar refractivity (Wildman–Crippen MR) is 73.1 cm³/mol. The van der Waals surface area contributed by atoms with E-state index in [9.17, 15) is 0 Å². The van der Waals surface area contributed by atoms with E-state index in [4.69, 9.17) is 0 Å². The lowest BCUT2D eigenvalue weighted by Crippen LogP contribution is -2.40. The number of hydrogen-bond acceptors (Lipinski definition) is 5. The van der Waals surface area contributed by atoms with E-state index in [1.807, 2.05) is 0 Å². The average Bonchev–Trinajstić information content (AvgIpc) is 2.57. The average molecular weight is 307 g/mol.